The predicted molar refractivity (Wildman–Crippen MR) is 47.9 cm³/mol. The van der Waals surface area contributed by atoms with Crippen molar-refractivity contribution in [3.63, 3.8) is 0 Å². The molecule has 0 N–H and O–H groups in total. The first-order valence-corrected chi connectivity index (χ1v) is 4.64. The average molecular weight is 141 g/mol. The summed E-state index contributed by atoms with van der Waals surface area (Å²) < 4.78 is 0. The first-order chi connectivity index (χ1) is 4.85. The number of hydrogen-bond donors (Lipinski definition) is 0. The molecule has 0 unspecified atom stereocenters. The van der Waals surface area contributed by atoms with E-state index in [1.54, 1.807) is 0 Å². The summed E-state index contributed by atoms with van der Waals surface area (Å²) in [7, 11) is 0. The number of hydrogen-bond acceptors (Lipinski definition) is 0. The second-order valence-electron chi connectivity index (χ2n) is 3.09. The third-order valence-electron chi connectivity index (χ3n) is 2.01. The molecule has 0 amide bonds. The first kappa shape index (κ1) is 10.0. The van der Waals surface area contributed by atoms with Crippen LogP contribution in [0.1, 0.15) is 52.4 Å². The van der Waals surface area contributed by atoms with Gasteiger partial charge in [0.25, 0.3) is 0 Å². The van der Waals surface area contributed by atoms with Crippen molar-refractivity contribution in [3.05, 3.63) is 6.92 Å². The molecule has 0 fully saturated rings. The molecule has 10 heavy (non-hydrogen) atoms. The van der Waals surface area contributed by atoms with Crippen LogP contribution in [-0.4, -0.2) is 0 Å². The highest BCUT2D eigenvalue weighted by atomic mass is 14.1. The average Bonchev–Trinajstić information content (AvgIpc) is 1.90. The molecule has 0 heterocycles. The molecule has 0 saturated heterocycles. The molecule has 0 spiro atoms. The van der Waals surface area contributed by atoms with Crippen molar-refractivity contribution in [1.82, 2.24) is 0 Å². The Morgan fingerprint density at radius 1 is 1.00 bits per heavy atom. The van der Waals surface area contributed by atoms with Gasteiger partial charge in [-0.25, -0.2) is 0 Å². The van der Waals surface area contributed by atoms with E-state index in [2.05, 4.69) is 20.8 Å². The van der Waals surface area contributed by atoms with E-state index in [4.69, 9.17) is 0 Å². The minimum atomic E-state index is 0.965. The summed E-state index contributed by atoms with van der Waals surface area (Å²) in [6.45, 7) is 8.43. The van der Waals surface area contributed by atoms with Crippen LogP contribution in [0.15, 0.2) is 0 Å². The fourth-order valence-electron chi connectivity index (χ4n) is 1.54. The Morgan fingerprint density at radius 3 is 1.80 bits per heavy atom. The van der Waals surface area contributed by atoms with Gasteiger partial charge in [0.1, 0.15) is 0 Å². The summed E-state index contributed by atoms with van der Waals surface area (Å²) in [4.78, 5) is 0. The van der Waals surface area contributed by atoms with Crippen molar-refractivity contribution < 1.29 is 0 Å². The molecule has 61 valence electrons. The summed E-state index contributed by atoms with van der Waals surface area (Å²) >= 11 is 0. The molecule has 0 aromatic rings. The summed E-state index contributed by atoms with van der Waals surface area (Å²) in [5.41, 5.74) is 0. The van der Waals surface area contributed by atoms with Crippen molar-refractivity contribution in [3.8, 4) is 0 Å². The lowest BCUT2D eigenvalue weighted by Gasteiger charge is -2.12. The second kappa shape index (κ2) is 7.11. The van der Waals surface area contributed by atoms with Crippen molar-refractivity contribution in [1.29, 1.82) is 0 Å². The van der Waals surface area contributed by atoms with Crippen LogP contribution in [0.3, 0.4) is 0 Å². The van der Waals surface area contributed by atoms with E-state index in [-0.39, 0.29) is 0 Å². The zero-order chi connectivity index (χ0) is 7.82. The van der Waals surface area contributed by atoms with Gasteiger partial charge in [-0.2, -0.15) is 0 Å². The van der Waals surface area contributed by atoms with E-state index in [1.165, 1.54) is 32.1 Å². The molecule has 1 radical (unpaired) electrons. The molecule has 0 aliphatic rings. The highest BCUT2D eigenvalue weighted by Gasteiger charge is 2.03. The van der Waals surface area contributed by atoms with Crippen LogP contribution < -0.4 is 0 Å². The molecular formula is C10H21. The van der Waals surface area contributed by atoms with E-state index >= 15 is 0 Å². The van der Waals surface area contributed by atoms with Gasteiger partial charge in [-0.1, -0.05) is 59.3 Å². The van der Waals surface area contributed by atoms with Crippen molar-refractivity contribution in [2.45, 2.75) is 52.4 Å². The van der Waals surface area contributed by atoms with Gasteiger partial charge in [-0.15, -0.1) is 0 Å². The van der Waals surface area contributed by atoms with E-state index in [1.807, 2.05) is 0 Å². The minimum absolute atomic E-state index is 0.965. The number of rotatable bonds is 6. The molecule has 0 nitrogen and oxygen atoms in total. The molecule has 0 heteroatoms. The molecular weight excluding hydrogens is 120 g/mol. The van der Waals surface area contributed by atoms with Gasteiger partial charge < -0.3 is 0 Å². The van der Waals surface area contributed by atoms with Crippen LogP contribution in [0.2, 0.25) is 0 Å². The maximum Gasteiger partial charge on any atom is -0.0414 e. The zero-order valence-corrected chi connectivity index (χ0v) is 7.53. The maximum atomic E-state index is 3.89. The van der Waals surface area contributed by atoms with E-state index in [0.717, 1.165) is 12.3 Å². The van der Waals surface area contributed by atoms with Gasteiger partial charge in [0.15, 0.2) is 0 Å². The lowest BCUT2D eigenvalue weighted by molar-refractivity contribution is 0.414. The third-order valence-corrected chi connectivity index (χ3v) is 2.01. The fraction of sp³-hybridized carbons (Fsp3) is 0.900. The Hall–Kier alpha value is 0. The second-order valence-corrected chi connectivity index (χ2v) is 3.09. The van der Waals surface area contributed by atoms with Crippen LogP contribution in [0.25, 0.3) is 0 Å². The summed E-state index contributed by atoms with van der Waals surface area (Å²) in [6, 6.07) is 0. The molecule has 0 saturated carbocycles. The Morgan fingerprint density at radius 2 is 1.50 bits per heavy atom. The molecule has 0 atom stereocenters. The Labute approximate surface area is 66.0 Å². The van der Waals surface area contributed by atoms with Crippen molar-refractivity contribution >= 4 is 0 Å². The van der Waals surface area contributed by atoms with Gasteiger partial charge in [-0.05, 0) is 5.92 Å². The van der Waals surface area contributed by atoms with Crippen LogP contribution in [0.5, 0.6) is 0 Å². The van der Waals surface area contributed by atoms with Crippen molar-refractivity contribution in [2.24, 2.45) is 5.92 Å². The van der Waals surface area contributed by atoms with Gasteiger partial charge in [0.05, 0.1) is 0 Å². The van der Waals surface area contributed by atoms with E-state index in [9.17, 15) is 0 Å². The molecule has 0 rings (SSSR count). The summed E-state index contributed by atoms with van der Waals surface area (Å²) in [5.74, 6) is 0.965. The third kappa shape index (κ3) is 4.84. The van der Waals surface area contributed by atoms with Gasteiger partial charge in [0.2, 0.25) is 0 Å². The smallest absolute Gasteiger partial charge is 0.0414 e. The SMILES string of the molecule is [CH2]CCC(CCC)CCC. The lowest BCUT2D eigenvalue weighted by atomic mass is 9.94. The Kier molecular flexibility index (Phi) is 7.11. The Balaban J connectivity index is 3.30. The Bertz CT molecular complexity index is 42.8. The summed E-state index contributed by atoms with van der Waals surface area (Å²) in [5, 5.41) is 0. The van der Waals surface area contributed by atoms with Crippen LogP contribution in [0, 0.1) is 12.8 Å². The topological polar surface area (TPSA) is 0 Å². The lowest BCUT2D eigenvalue weighted by Crippen LogP contribution is -1.98. The van der Waals surface area contributed by atoms with Gasteiger partial charge in [0, 0.05) is 0 Å². The molecule has 0 aromatic heterocycles. The first-order valence-electron chi connectivity index (χ1n) is 4.64. The van der Waals surface area contributed by atoms with Crippen LogP contribution >= 0.6 is 0 Å². The van der Waals surface area contributed by atoms with Crippen LogP contribution in [0.4, 0.5) is 0 Å². The predicted octanol–water partition coefficient (Wildman–Crippen LogP) is 3.82. The van der Waals surface area contributed by atoms with E-state index < -0.39 is 0 Å². The molecule has 0 aliphatic heterocycles. The fourth-order valence-corrected chi connectivity index (χ4v) is 1.54. The summed E-state index contributed by atoms with van der Waals surface area (Å²) in [6.07, 6.45) is 7.94. The monoisotopic (exact) mass is 141 g/mol. The highest BCUT2D eigenvalue weighted by Crippen LogP contribution is 2.18. The van der Waals surface area contributed by atoms with E-state index in [0.29, 0.717) is 0 Å². The normalized spacial score (nSPS) is 10.8. The quantitative estimate of drug-likeness (QED) is 0.527. The van der Waals surface area contributed by atoms with Gasteiger partial charge >= 0.3 is 0 Å². The molecule has 0 aliphatic carbocycles. The van der Waals surface area contributed by atoms with Gasteiger partial charge in [-0.3, -0.25) is 0 Å². The standard InChI is InChI=1S/C10H21/c1-4-7-10(8-5-2)9-6-3/h10H,1,4-9H2,2-3H3. The zero-order valence-electron chi connectivity index (χ0n) is 7.53. The minimum Gasteiger partial charge on any atom is -0.0654 e. The van der Waals surface area contributed by atoms with Crippen LogP contribution in [-0.2, 0) is 0 Å². The largest absolute Gasteiger partial charge is 0.0654 e. The molecule has 0 aromatic carbocycles. The maximum absolute atomic E-state index is 3.89. The highest BCUT2D eigenvalue weighted by molar-refractivity contribution is 4.58. The molecule has 0 bridgehead atoms. The van der Waals surface area contributed by atoms with Crippen molar-refractivity contribution in [2.75, 3.05) is 0 Å².